The summed E-state index contributed by atoms with van der Waals surface area (Å²) >= 11 is 5.76. The van der Waals surface area contributed by atoms with Gasteiger partial charge in [-0.05, 0) is 61.4 Å². The molecule has 3 N–H and O–H groups in total. The summed E-state index contributed by atoms with van der Waals surface area (Å²) in [5.41, 5.74) is 2.18. The quantitative estimate of drug-likeness (QED) is 0.708. The minimum atomic E-state index is -3.85. The maximum atomic E-state index is 12.4. The lowest BCUT2D eigenvalue weighted by Crippen LogP contribution is -2.41. The molecule has 2 aromatic carbocycles. The first-order valence-electron chi connectivity index (χ1n) is 8.26. The number of amides is 2. The molecule has 0 aromatic heterocycles. The van der Waals surface area contributed by atoms with Crippen molar-refractivity contribution in [3.05, 3.63) is 53.1 Å². The van der Waals surface area contributed by atoms with Gasteiger partial charge in [0.05, 0.1) is 10.9 Å². The van der Waals surface area contributed by atoms with Crippen LogP contribution in [0.3, 0.4) is 0 Å². The molecule has 0 fully saturated rings. The molecule has 0 unspecified atom stereocenters. The summed E-state index contributed by atoms with van der Waals surface area (Å²) < 4.78 is 27.1. The van der Waals surface area contributed by atoms with E-state index in [1.807, 2.05) is 0 Å². The second-order valence-corrected chi connectivity index (χ2v) is 8.36. The zero-order valence-electron chi connectivity index (χ0n) is 14.5. The number of hydrogen-bond acceptors (Lipinski definition) is 4. The topological polar surface area (TPSA) is 104 Å². The fraction of sp³-hybridized carbons (Fsp3) is 0.222. The highest BCUT2D eigenvalue weighted by atomic mass is 35.5. The zero-order chi connectivity index (χ0) is 19.6. The molecule has 142 valence electrons. The molecule has 2 amide bonds. The van der Waals surface area contributed by atoms with Crippen LogP contribution in [0, 0.1) is 0 Å². The lowest BCUT2D eigenvalue weighted by molar-refractivity contribution is -0.117. The van der Waals surface area contributed by atoms with Crippen LogP contribution in [0.2, 0.25) is 5.02 Å². The van der Waals surface area contributed by atoms with Crippen LogP contribution in [0.15, 0.2) is 47.4 Å². The lowest BCUT2D eigenvalue weighted by Gasteiger charge is -2.19. The van der Waals surface area contributed by atoms with Crippen molar-refractivity contribution in [3.8, 4) is 0 Å². The number of hydrogen-bond donors (Lipinski definition) is 3. The number of rotatable bonds is 5. The van der Waals surface area contributed by atoms with Gasteiger partial charge in [0.15, 0.2) is 0 Å². The second kappa shape index (κ2) is 7.67. The van der Waals surface area contributed by atoms with E-state index in [4.69, 9.17) is 11.6 Å². The maximum Gasteiger partial charge on any atom is 0.242 e. The highest BCUT2D eigenvalue weighted by Crippen LogP contribution is 2.25. The number of sulfonamides is 1. The van der Waals surface area contributed by atoms with Crippen LogP contribution in [-0.2, 0) is 26.0 Å². The molecule has 0 radical (unpaired) electrons. The number of carbonyl (C=O) groups is 2. The van der Waals surface area contributed by atoms with Crippen molar-refractivity contribution in [2.45, 2.75) is 30.7 Å². The third-order valence-corrected chi connectivity index (χ3v) is 5.93. The average molecular weight is 408 g/mol. The van der Waals surface area contributed by atoms with Crippen LogP contribution >= 0.6 is 11.6 Å². The predicted octanol–water partition coefficient (Wildman–Crippen LogP) is 2.53. The van der Waals surface area contributed by atoms with Gasteiger partial charge in [0.2, 0.25) is 21.8 Å². The molecule has 9 heteroatoms. The average Bonchev–Trinajstić information content (AvgIpc) is 2.61. The Kier molecular flexibility index (Phi) is 5.50. The van der Waals surface area contributed by atoms with Crippen molar-refractivity contribution < 1.29 is 18.0 Å². The summed E-state index contributed by atoms with van der Waals surface area (Å²) in [6.45, 7) is 1.46. The zero-order valence-corrected chi connectivity index (χ0v) is 16.0. The normalized spacial score (nSPS) is 14.8. The monoisotopic (exact) mass is 407 g/mol. The van der Waals surface area contributed by atoms with Gasteiger partial charge >= 0.3 is 0 Å². The van der Waals surface area contributed by atoms with Crippen molar-refractivity contribution in [1.29, 1.82) is 0 Å². The number of benzene rings is 2. The molecule has 0 spiro atoms. The fourth-order valence-corrected chi connectivity index (χ4v) is 4.01. The molecule has 27 heavy (non-hydrogen) atoms. The van der Waals surface area contributed by atoms with Crippen molar-refractivity contribution in [2.75, 3.05) is 10.6 Å². The van der Waals surface area contributed by atoms with Gasteiger partial charge in [0.25, 0.3) is 0 Å². The Morgan fingerprint density at radius 2 is 1.85 bits per heavy atom. The summed E-state index contributed by atoms with van der Waals surface area (Å²) in [5, 5.41) is 5.87. The Morgan fingerprint density at radius 1 is 1.15 bits per heavy atom. The van der Waals surface area contributed by atoms with Crippen LogP contribution < -0.4 is 15.4 Å². The second-order valence-electron chi connectivity index (χ2n) is 6.21. The SMILES string of the molecule is C[C@H](NS(=O)(=O)c1ccc(Cl)cc1)C(=O)Nc1ccc2c(c1)CCC(=O)N2. The van der Waals surface area contributed by atoms with Crippen LogP contribution in [0.4, 0.5) is 11.4 Å². The van der Waals surface area contributed by atoms with Crippen molar-refractivity contribution in [1.82, 2.24) is 4.72 Å². The van der Waals surface area contributed by atoms with Gasteiger partial charge in [-0.15, -0.1) is 0 Å². The number of nitrogens with one attached hydrogen (secondary N) is 3. The summed E-state index contributed by atoms with van der Waals surface area (Å²) in [7, 11) is -3.85. The molecule has 7 nitrogen and oxygen atoms in total. The van der Waals surface area contributed by atoms with Crippen molar-refractivity contribution >= 4 is 44.8 Å². The molecule has 0 saturated carbocycles. The Morgan fingerprint density at radius 3 is 2.56 bits per heavy atom. The first kappa shape index (κ1) is 19.3. The minimum absolute atomic E-state index is 0.0241. The molecule has 1 heterocycles. The number of aryl methyl sites for hydroxylation is 1. The van der Waals surface area contributed by atoms with Gasteiger partial charge in [0.1, 0.15) is 0 Å². The molecule has 2 aromatic rings. The van der Waals surface area contributed by atoms with E-state index in [1.165, 1.54) is 31.2 Å². The maximum absolute atomic E-state index is 12.4. The molecule has 0 saturated heterocycles. The number of carbonyl (C=O) groups excluding carboxylic acids is 2. The van der Waals surface area contributed by atoms with E-state index < -0.39 is 22.0 Å². The Balaban J connectivity index is 1.67. The molecule has 1 atom stereocenters. The molecular formula is C18H18ClN3O4S. The Labute approximate surface area is 162 Å². The van der Waals surface area contributed by atoms with Gasteiger partial charge in [-0.25, -0.2) is 8.42 Å². The summed E-state index contributed by atoms with van der Waals surface area (Å²) in [5.74, 6) is -0.531. The van der Waals surface area contributed by atoms with Crippen LogP contribution in [0.25, 0.3) is 0 Å². The van der Waals surface area contributed by atoms with Gasteiger partial charge in [-0.1, -0.05) is 11.6 Å². The van der Waals surface area contributed by atoms with E-state index in [9.17, 15) is 18.0 Å². The predicted molar refractivity (Wildman–Crippen MR) is 103 cm³/mol. The highest BCUT2D eigenvalue weighted by molar-refractivity contribution is 7.89. The summed E-state index contributed by atoms with van der Waals surface area (Å²) in [4.78, 5) is 23.8. The molecule has 1 aliphatic rings. The molecule has 0 bridgehead atoms. The number of anilines is 2. The van der Waals surface area contributed by atoms with Crippen molar-refractivity contribution in [2.24, 2.45) is 0 Å². The third-order valence-electron chi connectivity index (χ3n) is 4.12. The lowest BCUT2D eigenvalue weighted by atomic mass is 10.0. The molecular weight excluding hydrogens is 390 g/mol. The van der Waals surface area contributed by atoms with E-state index in [-0.39, 0.29) is 10.8 Å². The molecule has 3 rings (SSSR count). The van der Waals surface area contributed by atoms with Crippen LogP contribution in [-0.4, -0.2) is 26.3 Å². The molecule has 0 aliphatic carbocycles. The van der Waals surface area contributed by atoms with Gasteiger partial charge in [-0.3, -0.25) is 9.59 Å². The first-order chi connectivity index (χ1) is 12.7. The third kappa shape index (κ3) is 4.65. The summed E-state index contributed by atoms with van der Waals surface area (Å²) in [6, 6.07) is 9.82. The van der Waals surface area contributed by atoms with Crippen molar-refractivity contribution in [3.63, 3.8) is 0 Å². The van der Waals surface area contributed by atoms with Gasteiger partial charge < -0.3 is 10.6 Å². The minimum Gasteiger partial charge on any atom is -0.326 e. The standard InChI is InChI=1S/C18H18ClN3O4S/c1-11(22-27(25,26)15-6-3-13(19)4-7-15)18(24)20-14-5-8-16-12(10-14)2-9-17(23)21-16/h3-8,10-11,22H,2,9H2,1H3,(H,20,24)(H,21,23)/t11-/m0/s1. The Hall–Kier alpha value is -2.42. The van der Waals surface area contributed by atoms with Gasteiger partial charge in [-0.2, -0.15) is 4.72 Å². The largest absolute Gasteiger partial charge is 0.326 e. The Bertz CT molecular complexity index is 990. The van der Waals surface area contributed by atoms with E-state index >= 15 is 0 Å². The fourth-order valence-electron chi connectivity index (χ4n) is 2.68. The number of halogens is 1. The summed E-state index contributed by atoms with van der Waals surface area (Å²) in [6.07, 6.45) is 0.978. The van der Waals surface area contributed by atoms with Crippen LogP contribution in [0.5, 0.6) is 0 Å². The van der Waals surface area contributed by atoms with Gasteiger partial charge in [0, 0.05) is 22.8 Å². The first-order valence-corrected chi connectivity index (χ1v) is 10.1. The van der Waals surface area contributed by atoms with E-state index in [0.29, 0.717) is 23.6 Å². The number of fused-ring (bicyclic) bond motifs is 1. The van der Waals surface area contributed by atoms with E-state index in [2.05, 4.69) is 15.4 Å². The van der Waals surface area contributed by atoms with Crippen LogP contribution in [0.1, 0.15) is 18.9 Å². The highest BCUT2D eigenvalue weighted by Gasteiger charge is 2.22. The van der Waals surface area contributed by atoms with E-state index in [0.717, 1.165) is 11.3 Å². The molecule has 1 aliphatic heterocycles. The van der Waals surface area contributed by atoms with E-state index in [1.54, 1.807) is 18.2 Å². The smallest absolute Gasteiger partial charge is 0.242 e.